The van der Waals surface area contributed by atoms with Gasteiger partial charge < -0.3 is 9.72 Å². The first-order valence-corrected chi connectivity index (χ1v) is 8.46. The average Bonchev–Trinajstić information content (AvgIpc) is 3.33. The highest BCUT2D eigenvalue weighted by atomic mass is 16.5. The summed E-state index contributed by atoms with van der Waals surface area (Å²) in [4.78, 5) is 7.73. The number of benzene rings is 2. The molecule has 1 aromatic heterocycles. The Hall–Kier alpha value is -2.29. The van der Waals surface area contributed by atoms with Gasteiger partial charge in [0.25, 0.3) is 0 Å². The minimum atomic E-state index is 0.758. The molecule has 118 valence electrons. The van der Waals surface area contributed by atoms with Crippen LogP contribution in [-0.2, 0) is 6.42 Å². The number of rotatable bonds is 6. The Balaban J connectivity index is 1.31. The molecule has 0 spiro atoms. The minimum Gasteiger partial charge on any atom is -0.494 e. The van der Waals surface area contributed by atoms with E-state index in [2.05, 4.69) is 52.4 Å². The molecule has 1 N–H and O–H groups in total. The first-order valence-electron chi connectivity index (χ1n) is 8.46. The predicted molar refractivity (Wildman–Crippen MR) is 93.1 cm³/mol. The van der Waals surface area contributed by atoms with Crippen molar-refractivity contribution in [1.82, 2.24) is 9.97 Å². The van der Waals surface area contributed by atoms with E-state index in [1.807, 2.05) is 6.92 Å². The first kappa shape index (κ1) is 14.3. The SMILES string of the molecule is Cc1nc2ccc(CCCOc3cccc(C4CC4)c3)cc2[nH]1. The normalized spacial score (nSPS) is 14.3. The fourth-order valence-electron chi connectivity index (χ4n) is 3.08. The zero-order valence-electron chi connectivity index (χ0n) is 13.5. The molecule has 0 aliphatic heterocycles. The molecule has 3 nitrogen and oxygen atoms in total. The van der Waals surface area contributed by atoms with Crippen LogP contribution < -0.4 is 4.74 Å². The van der Waals surface area contributed by atoms with Crippen LogP contribution in [0, 0.1) is 6.92 Å². The highest BCUT2D eigenvalue weighted by Crippen LogP contribution is 2.40. The summed E-state index contributed by atoms with van der Waals surface area (Å²) in [6.45, 7) is 2.75. The molecule has 4 rings (SSSR count). The number of hydrogen-bond acceptors (Lipinski definition) is 2. The third kappa shape index (κ3) is 3.39. The van der Waals surface area contributed by atoms with Crippen molar-refractivity contribution in [1.29, 1.82) is 0 Å². The number of imidazole rings is 1. The van der Waals surface area contributed by atoms with E-state index in [1.54, 1.807) is 0 Å². The van der Waals surface area contributed by atoms with Crippen molar-refractivity contribution in [2.45, 2.75) is 38.5 Å². The van der Waals surface area contributed by atoms with Gasteiger partial charge in [-0.05, 0) is 73.9 Å². The quantitative estimate of drug-likeness (QED) is 0.667. The van der Waals surface area contributed by atoms with Crippen LogP contribution in [0.3, 0.4) is 0 Å². The van der Waals surface area contributed by atoms with Gasteiger partial charge in [-0.2, -0.15) is 0 Å². The molecule has 0 atom stereocenters. The second-order valence-electron chi connectivity index (χ2n) is 6.47. The lowest BCUT2D eigenvalue weighted by Crippen LogP contribution is -1.99. The molecule has 0 bridgehead atoms. The Morgan fingerprint density at radius 2 is 2.09 bits per heavy atom. The molecule has 1 aliphatic rings. The van der Waals surface area contributed by atoms with Gasteiger partial charge >= 0.3 is 0 Å². The fraction of sp³-hybridized carbons (Fsp3) is 0.350. The van der Waals surface area contributed by atoms with Crippen molar-refractivity contribution in [3.63, 3.8) is 0 Å². The topological polar surface area (TPSA) is 37.9 Å². The summed E-state index contributed by atoms with van der Waals surface area (Å²) in [5.41, 5.74) is 4.93. The monoisotopic (exact) mass is 306 g/mol. The molecule has 0 radical (unpaired) electrons. The molecule has 1 saturated carbocycles. The number of aromatic nitrogens is 2. The van der Waals surface area contributed by atoms with E-state index in [1.165, 1.54) is 24.0 Å². The average molecular weight is 306 g/mol. The lowest BCUT2D eigenvalue weighted by Gasteiger charge is -2.08. The zero-order valence-corrected chi connectivity index (χ0v) is 13.5. The molecule has 1 fully saturated rings. The second kappa shape index (κ2) is 6.07. The Morgan fingerprint density at radius 3 is 2.96 bits per heavy atom. The number of aromatic amines is 1. The summed E-state index contributed by atoms with van der Waals surface area (Å²) in [7, 11) is 0. The molecule has 0 unspecified atom stereocenters. The van der Waals surface area contributed by atoms with Gasteiger partial charge in [0, 0.05) is 0 Å². The first-order chi connectivity index (χ1) is 11.3. The third-order valence-corrected chi connectivity index (χ3v) is 4.45. The van der Waals surface area contributed by atoms with E-state index in [9.17, 15) is 0 Å². The van der Waals surface area contributed by atoms with E-state index in [0.717, 1.165) is 48.0 Å². The molecule has 2 aromatic carbocycles. The Morgan fingerprint density at radius 1 is 1.17 bits per heavy atom. The highest BCUT2D eigenvalue weighted by Gasteiger charge is 2.23. The highest BCUT2D eigenvalue weighted by molar-refractivity contribution is 5.75. The summed E-state index contributed by atoms with van der Waals surface area (Å²) in [6, 6.07) is 15.0. The maximum atomic E-state index is 5.92. The Bertz CT molecular complexity index is 817. The molecular weight excluding hydrogens is 284 g/mol. The van der Waals surface area contributed by atoms with Gasteiger partial charge in [-0.15, -0.1) is 0 Å². The van der Waals surface area contributed by atoms with Gasteiger partial charge in [0.1, 0.15) is 11.6 Å². The lowest BCUT2D eigenvalue weighted by atomic mass is 10.1. The van der Waals surface area contributed by atoms with Gasteiger partial charge in [-0.1, -0.05) is 18.2 Å². The number of H-pyrrole nitrogens is 1. The summed E-state index contributed by atoms with van der Waals surface area (Å²) in [6.07, 6.45) is 4.71. The molecule has 0 saturated heterocycles. The van der Waals surface area contributed by atoms with Crippen molar-refractivity contribution in [2.75, 3.05) is 6.61 Å². The summed E-state index contributed by atoms with van der Waals surface area (Å²) in [5, 5.41) is 0. The molecular formula is C20H22N2O. The van der Waals surface area contributed by atoms with E-state index >= 15 is 0 Å². The maximum Gasteiger partial charge on any atom is 0.119 e. The van der Waals surface area contributed by atoms with Gasteiger partial charge in [0.05, 0.1) is 17.6 Å². The van der Waals surface area contributed by atoms with Crippen molar-refractivity contribution < 1.29 is 4.74 Å². The van der Waals surface area contributed by atoms with Crippen LogP contribution in [0.2, 0.25) is 0 Å². The van der Waals surface area contributed by atoms with Gasteiger partial charge in [0.15, 0.2) is 0 Å². The summed E-state index contributed by atoms with van der Waals surface area (Å²) in [5.74, 6) is 2.76. The van der Waals surface area contributed by atoms with Crippen molar-refractivity contribution in [2.24, 2.45) is 0 Å². The number of nitrogens with zero attached hydrogens (tertiary/aromatic N) is 1. The van der Waals surface area contributed by atoms with E-state index in [0.29, 0.717) is 0 Å². The minimum absolute atomic E-state index is 0.758. The number of aryl methyl sites for hydroxylation is 2. The van der Waals surface area contributed by atoms with Crippen LogP contribution in [-0.4, -0.2) is 16.6 Å². The van der Waals surface area contributed by atoms with E-state index in [4.69, 9.17) is 4.74 Å². The Labute approximate surface area is 136 Å². The second-order valence-corrected chi connectivity index (χ2v) is 6.47. The largest absolute Gasteiger partial charge is 0.494 e. The van der Waals surface area contributed by atoms with Gasteiger partial charge in [-0.3, -0.25) is 0 Å². The van der Waals surface area contributed by atoms with Crippen LogP contribution in [0.5, 0.6) is 5.75 Å². The number of hydrogen-bond donors (Lipinski definition) is 1. The maximum absolute atomic E-state index is 5.92. The molecule has 23 heavy (non-hydrogen) atoms. The number of fused-ring (bicyclic) bond motifs is 1. The van der Waals surface area contributed by atoms with Crippen LogP contribution in [0.25, 0.3) is 11.0 Å². The standard InChI is InChI=1S/C20H22N2O/c1-14-21-19-10-7-15(12-20(19)22-14)4-3-11-23-18-6-2-5-17(13-18)16-8-9-16/h2,5-7,10,12-13,16H,3-4,8-9,11H2,1H3,(H,21,22). The van der Waals surface area contributed by atoms with E-state index in [-0.39, 0.29) is 0 Å². The fourth-order valence-corrected chi connectivity index (χ4v) is 3.08. The van der Waals surface area contributed by atoms with Gasteiger partial charge in [0.2, 0.25) is 0 Å². The van der Waals surface area contributed by atoms with E-state index < -0.39 is 0 Å². The zero-order chi connectivity index (χ0) is 15.6. The molecule has 1 heterocycles. The lowest BCUT2D eigenvalue weighted by molar-refractivity contribution is 0.311. The molecule has 1 aliphatic carbocycles. The van der Waals surface area contributed by atoms with Crippen molar-refractivity contribution >= 4 is 11.0 Å². The van der Waals surface area contributed by atoms with Crippen LogP contribution in [0.4, 0.5) is 0 Å². The van der Waals surface area contributed by atoms with Crippen molar-refractivity contribution in [3.05, 3.63) is 59.4 Å². The molecule has 3 aromatic rings. The summed E-state index contributed by atoms with van der Waals surface area (Å²) < 4.78 is 5.92. The summed E-state index contributed by atoms with van der Waals surface area (Å²) >= 11 is 0. The smallest absolute Gasteiger partial charge is 0.119 e. The van der Waals surface area contributed by atoms with Gasteiger partial charge in [-0.25, -0.2) is 4.98 Å². The Kier molecular flexibility index (Phi) is 3.78. The van der Waals surface area contributed by atoms with Crippen LogP contribution in [0.1, 0.15) is 42.1 Å². The van der Waals surface area contributed by atoms with Crippen LogP contribution in [0.15, 0.2) is 42.5 Å². The van der Waals surface area contributed by atoms with Crippen LogP contribution >= 0.6 is 0 Å². The van der Waals surface area contributed by atoms with Crippen molar-refractivity contribution in [3.8, 4) is 5.75 Å². The molecule has 3 heteroatoms. The number of nitrogens with one attached hydrogen (secondary N) is 1. The molecule has 0 amide bonds. The number of ether oxygens (including phenoxy) is 1. The predicted octanol–water partition coefficient (Wildman–Crippen LogP) is 4.76. The third-order valence-electron chi connectivity index (χ3n) is 4.45.